The van der Waals surface area contributed by atoms with Crippen LogP contribution in [-0.4, -0.2) is 45.8 Å². The van der Waals surface area contributed by atoms with E-state index in [0.29, 0.717) is 21.9 Å². The van der Waals surface area contributed by atoms with Crippen LogP contribution < -0.4 is 8.56 Å². The minimum atomic E-state index is -3.49. The van der Waals surface area contributed by atoms with Crippen molar-refractivity contribution in [3.63, 3.8) is 0 Å². The van der Waals surface area contributed by atoms with E-state index in [2.05, 4.69) is 11.0 Å². The highest BCUT2D eigenvalue weighted by Gasteiger charge is 2.15. The molecule has 0 aliphatic carbocycles. The Labute approximate surface area is 176 Å². The van der Waals surface area contributed by atoms with Gasteiger partial charge in [0.05, 0.1) is 18.6 Å². The Kier molecular flexibility index (Phi) is 7.16. The van der Waals surface area contributed by atoms with Crippen LogP contribution in [0.4, 0.5) is 10.1 Å². The molecule has 0 radical (unpaired) electrons. The molecule has 0 spiro atoms. The van der Waals surface area contributed by atoms with E-state index in [1.165, 1.54) is 17.7 Å². The summed E-state index contributed by atoms with van der Waals surface area (Å²) in [5.41, 5.74) is 2.72. The van der Waals surface area contributed by atoms with Gasteiger partial charge in [0.1, 0.15) is 11.6 Å². The van der Waals surface area contributed by atoms with Crippen molar-refractivity contribution in [2.24, 2.45) is 0 Å². The molecule has 29 heavy (non-hydrogen) atoms. The molecule has 0 unspecified atom stereocenters. The van der Waals surface area contributed by atoms with E-state index < -0.39 is 10.0 Å². The van der Waals surface area contributed by atoms with Gasteiger partial charge in [-0.2, -0.15) is 3.82 Å². The van der Waals surface area contributed by atoms with Crippen molar-refractivity contribution in [2.75, 3.05) is 36.3 Å². The third-order valence-electron chi connectivity index (χ3n) is 4.73. The number of halogens is 2. The molecule has 0 saturated carbocycles. The number of anilines is 1. The number of ether oxygens (including phenoxy) is 1. The molecule has 0 aromatic heterocycles. The fourth-order valence-corrected chi connectivity index (χ4v) is 3.79. The van der Waals surface area contributed by atoms with Crippen LogP contribution in [-0.2, 0) is 10.0 Å². The lowest BCUT2D eigenvalue weighted by Gasteiger charge is -2.26. The molecule has 0 atom stereocenters. The third-order valence-corrected chi connectivity index (χ3v) is 6.47. The molecule has 0 saturated heterocycles. The number of sulfonamides is 1. The number of hydrogen-bond donors (Lipinski definition) is 0. The maximum absolute atomic E-state index is 13.0. The largest absolute Gasteiger partial charge is 0.494 e. The van der Waals surface area contributed by atoms with Crippen LogP contribution in [0.1, 0.15) is 18.4 Å². The van der Waals surface area contributed by atoms with Gasteiger partial charge in [-0.3, -0.25) is 4.90 Å². The fourth-order valence-electron chi connectivity index (χ4n) is 3.17. The Morgan fingerprint density at radius 1 is 1.14 bits per heavy atom. The van der Waals surface area contributed by atoms with Crippen molar-refractivity contribution >= 4 is 33.1 Å². The lowest BCUT2D eigenvalue weighted by Crippen LogP contribution is -2.30. The lowest BCUT2D eigenvalue weighted by atomic mass is 9.99. The topological polar surface area (TPSA) is 49.9 Å². The second-order valence-electron chi connectivity index (χ2n) is 6.96. The molecule has 1 aliphatic heterocycles. The van der Waals surface area contributed by atoms with Crippen molar-refractivity contribution in [3.8, 4) is 5.75 Å². The first-order valence-electron chi connectivity index (χ1n) is 9.39. The zero-order chi connectivity index (χ0) is 20.9. The second kappa shape index (κ2) is 9.61. The Morgan fingerprint density at radius 3 is 2.41 bits per heavy atom. The highest BCUT2D eigenvalue weighted by Crippen LogP contribution is 2.24. The Bertz CT molecular complexity index is 947. The second-order valence-corrected chi connectivity index (χ2v) is 9.33. The zero-order valence-electron chi connectivity index (χ0n) is 16.2. The molecule has 2 aromatic rings. The summed E-state index contributed by atoms with van der Waals surface area (Å²) in [6.07, 6.45) is 5.08. The standard InChI is InChI=1S/C21H24ClFN2O3S/c1-29(26,27)25(22)20-7-9-21(10-8-20)28-16-2-13-24-14-11-18(12-15-24)17-3-5-19(23)6-4-17/h3-11H,2,12-16H2,1H3. The van der Waals surface area contributed by atoms with Crippen LogP contribution in [0.15, 0.2) is 54.6 Å². The first-order chi connectivity index (χ1) is 13.8. The summed E-state index contributed by atoms with van der Waals surface area (Å²) in [7, 11) is -3.49. The van der Waals surface area contributed by atoms with Crippen LogP contribution in [0.2, 0.25) is 0 Å². The molecule has 2 aromatic carbocycles. The maximum atomic E-state index is 13.0. The van der Waals surface area contributed by atoms with E-state index in [4.69, 9.17) is 16.5 Å². The number of rotatable bonds is 8. The summed E-state index contributed by atoms with van der Waals surface area (Å²) >= 11 is 5.78. The molecule has 156 valence electrons. The molecule has 0 amide bonds. The molecule has 0 bridgehead atoms. The van der Waals surface area contributed by atoms with Gasteiger partial charge in [-0.25, -0.2) is 12.8 Å². The maximum Gasteiger partial charge on any atom is 0.246 e. The minimum absolute atomic E-state index is 0.211. The lowest BCUT2D eigenvalue weighted by molar-refractivity contribution is 0.248. The molecule has 8 heteroatoms. The summed E-state index contributed by atoms with van der Waals surface area (Å²) in [6.45, 7) is 3.34. The predicted octanol–water partition coefficient (Wildman–Crippen LogP) is 4.30. The Morgan fingerprint density at radius 2 is 1.83 bits per heavy atom. The fraction of sp³-hybridized carbons (Fsp3) is 0.333. The van der Waals surface area contributed by atoms with E-state index in [-0.39, 0.29) is 5.82 Å². The quantitative estimate of drug-likeness (QED) is 0.455. The highest BCUT2D eigenvalue weighted by atomic mass is 35.5. The Hall–Kier alpha value is -2.09. The first kappa shape index (κ1) is 21.6. The van der Waals surface area contributed by atoms with Gasteiger partial charge in [0.2, 0.25) is 10.0 Å². The van der Waals surface area contributed by atoms with Gasteiger partial charge in [0.25, 0.3) is 0 Å². The smallest absolute Gasteiger partial charge is 0.246 e. The number of nitrogens with zero attached hydrogens (tertiary/aromatic N) is 2. The van der Waals surface area contributed by atoms with Gasteiger partial charge in [0, 0.05) is 31.4 Å². The van der Waals surface area contributed by atoms with Crippen LogP contribution in [0, 0.1) is 5.82 Å². The van der Waals surface area contributed by atoms with Gasteiger partial charge in [-0.05, 0) is 60.4 Å². The summed E-state index contributed by atoms with van der Waals surface area (Å²) in [5.74, 6) is 0.459. The first-order valence-corrected chi connectivity index (χ1v) is 11.6. The van der Waals surface area contributed by atoms with Crippen molar-refractivity contribution < 1.29 is 17.5 Å². The molecule has 5 nitrogen and oxygen atoms in total. The molecular formula is C21H24ClFN2O3S. The van der Waals surface area contributed by atoms with E-state index >= 15 is 0 Å². The average Bonchev–Trinajstić information content (AvgIpc) is 2.71. The highest BCUT2D eigenvalue weighted by molar-refractivity contribution is 7.93. The monoisotopic (exact) mass is 438 g/mol. The number of benzene rings is 2. The van der Waals surface area contributed by atoms with Crippen LogP contribution in [0.5, 0.6) is 5.75 Å². The molecule has 0 N–H and O–H groups in total. The molecule has 1 aliphatic rings. The van der Waals surface area contributed by atoms with Crippen molar-refractivity contribution in [3.05, 3.63) is 66.0 Å². The van der Waals surface area contributed by atoms with Crippen LogP contribution in [0.3, 0.4) is 0 Å². The predicted molar refractivity (Wildman–Crippen MR) is 115 cm³/mol. The van der Waals surface area contributed by atoms with Gasteiger partial charge >= 0.3 is 0 Å². The van der Waals surface area contributed by atoms with Crippen molar-refractivity contribution in [1.82, 2.24) is 4.90 Å². The van der Waals surface area contributed by atoms with Gasteiger partial charge in [0.15, 0.2) is 0 Å². The summed E-state index contributed by atoms with van der Waals surface area (Å²) in [4.78, 5) is 2.36. The van der Waals surface area contributed by atoms with Crippen molar-refractivity contribution in [1.29, 1.82) is 0 Å². The summed E-state index contributed by atoms with van der Waals surface area (Å²) in [6, 6.07) is 13.3. The van der Waals surface area contributed by atoms with E-state index in [9.17, 15) is 12.8 Å². The Balaban J connectivity index is 1.40. The molecule has 0 fully saturated rings. The molecule has 3 rings (SSSR count). The third kappa shape index (κ3) is 6.19. The normalized spacial score (nSPS) is 15.1. The van der Waals surface area contributed by atoms with Crippen LogP contribution in [0.25, 0.3) is 5.57 Å². The van der Waals surface area contributed by atoms with E-state index in [1.807, 2.05) is 12.1 Å². The van der Waals surface area contributed by atoms with Gasteiger partial charge < -0.3 is 4.74 Å². The molecular weight excluding hydrogens is 415 g/mol. The van der Waals surface area contributed by atoms with E-state index in [1.54, 1.807) is 24.3 Å². The minimum Gasteiger partial charge on any atom is -0.494 e. The summed E-state index contributed by atoms with van der Waals surface area (Å²) < 4.78 is 42.3. The summed E-state index contributed by atoms with van der Waals surface area (Å²) in [5, 5.41) is 0. The van der Waals surface area contributed by atoms with Gasteiger partial charge in [-0.1, -0.05) is 18.2 Å². The van der Waals surface area contributed by atoms with Crippen LogP contribution >= 0.6 is 11.8 Å². The van der Waals surface area contributed by atoms with E-state index in [0.717, 1.165) is 44.3 Å². The number of hydrogen-bond acceptors (Lipinski definition) is 4. The zero-order valence-corrected chi connectivity index (χ0v) is 17.8. The van der Waals surface area contributed by atoms with Gasteiger partial charge in [-0.15, -0.1) is 0 Å². The molecule has 1 heterocycles. The van der Waals surface area contributed by atoms with Crippen molar-refractivity contribution in [2.45, 2.75) is 12.8 Å². The average molecular weight is 439 g/mol. The SMILES string of the molecule is CS(=O)(=O)N(Cl)c1ccc(OCCCN2CC=C(c3ccc(F)cc3)CC2)cc1.